The van der Waals surface area contributed by atoms with Gasteiger partial charge in [0.1, 0.15) is 5.41 Å². The molecule has 0 fully saturated rings. The Morgan fingerprint density at radius 2 is 1.93 bits per heavy atom. The second kappa shape index (κ2) is 4.98. The van der Waals surface area contributed by atoms with E-state index < -0.39 is 17.3 Å². The van der Waals surface area contributed by atoms with Gasteiger partial charge in [0.2, 0.25) is 5.91 Å². The first-order valence-corrected chi connectivity index (χ1v) is 4.84. The molecule has 0 aromatic carbocycles. The summed E-state index contributed by atoms with van der Waals surface area (Å²) in [6.07, 6.45) is 1.94. The second-order valence-corrected chi connectivity index (χ2v) is 4.29. The molecule has 0 bridgehead atoms. The summed E-state index contributed by atoms with van der Waals surface area (Å²) in [5.74, 6) is -1.37. The Bertz CT molecular complexity index is 209. The van der Waals surface area contributed by atoms with Crippen LogP contribution in [0.1, 0.15) is 40.0 Å². The molecule has 1 amide bonds. The minimum Gasteiger partial charge on any atom is -0.480 e. The van der Waals surface area contributed by atoms with Crippen LogP contribution in [0.25, 0.3) is 0 Å². The molecule has 0 aliphatic rings. The Morgan fingerprint density at radius 1 is 1.43 bits per heavy atom. The Morgan fingerprint density at radius 3 is 2.21 bits per heavy atom. The number of hydrogen-bond donors (Lipinski definition) is 2. The zero-order valence-electron chi connectivity index (χ0n) is 9.04. The van der Waals surface area contributed by atoms with Gasteiger partial charge in [0.15, 0.2) is 0 Å². The number of hydrogen-bond acceptors (Lipinski definition) is 2. The molecular weight excluding hydrogens is 182 g/mol. The third-order valence-electron chi connectivity index (χ3n) is 2.47. The van der Waals surface area contributed by atoms with E-state index in [1.165, 1.54) is 6.92 Å². The van der Waals surface area contributed by atoms with E-state index in [1.807, 2.05) is 0 Å². The molecule has 1 unspecified atom stereocenters. The quantitative estimate of drug-likeness (QED) is 0.637. The SMILES string of the molecule is CC(C)CCCC(C)(C(N)=O)C(=O)O. The smallest absolute Gasteiger partial charge is 0.318 e. The molecule has 0 aliphatic heterocycles. The summed E-state index contributed by atoms with van der Waals surface area (Å²) in [4.78, 5) is 21.8. The first-order chi connectivity index (χ1) is 6.30. The molecular formula is C10H19NO3. The summed E-state index contributed by atoms with van der Waals surface area (Å²) in [5.41, 5.74) is 3.66. The summed E-state index contributed by atoms with van der Waals surface area (Å²) in [6, 6.07) is 0. The first-order valence-electron chi connectivity index (χ1n) is 4.84. The predicted octanol–water partition coefficient (Wildman–Crippen LogP) is 1.39. The van der Waals surface area contributed by atoms with Crippen molar-refractivity contribution in [3.63, 3.8) is 0 Å². The monoisotopic (exact) mass is 201 g/mol. The molecule has 4 heteroatoms. The molecule has 0 heterocycles. The normalized spacial score (nSPS) is 15.1. The minimum absolute atomic E-state index is 0.315. The van der Waals surface area contributed by atoms with Crippen LogP contribution in [0.15, 0.2) is 0 Å². The molecule has 0 spiro atoms. The summed E-state index contributed by atoms with van der Waals surface area (Å²) in [7, 11) is 0. The van der Waals surface area contributed by atoms with E-state index in [9.17, 15) is 9.59 Å². The lowest BCUT2D eigenvalue weighted by molar-refractivity contribution is -0.154. The van der Waals surface area contributed by atoms with Crippen molar-refractivity contribution >= 4 is 11.9 Å². The molecule has 4 nitrogen and oxygen atoms in total. The van der Waals surface area contributed by atoms with Gasteiger partial charge < -0.3 is 10.8 Å². The van der Waals surface area contributed by atoms with Crippen molar-refractivity contribution in [3.05, 3.63) is 0 Å². The lowest BCUT2D eigenvalue weighted by Crippen LogP contribution is -2.41. The van der Waals surface area contributed by atoms with E-state index >= 15 is 0 Å². The molecule has 82 valence electrons. The third-order valence-corrected chi connectivity index (χ3v) is 2.47. The van der Waals surface area contributed by atoms with Crippen molar-refractivity contribution in [2.75, 3.05) is 0 Å². The number of carboxylic acids is 1. The maximum atomic E-state index is 11.0. The standard InChI is InChI=1S/C10H19NO3/c1-7(2)5-4-6-10(3,8(11)12)9(13)14/h7H,4-6H2,1-3H3,(H2,11,12)(H,13,14). The Labute approximate surface area is 84.5 Å². The highest BCUT2D eigenvalue weighted by Gasteiger charge is 2.38. The zero-order chi connectivity index (χ0) is 11.4. The van der Waals surface area contributed by atoms with Crippen LogP contribution in [0.5, 0.6) is 0 Å². The van der Waals surface area contributed by atoms with Gasteiger partial charge in [-0.3, -0.25) is 9.59 Å². The van der Waals surface area contributed by atoms with Crippen LogP contribution in [0.3, 0.4) is 0 Å². The van der Waals surface area contributed by atoms with Crippen molar-refractivity contribution in [3.8, 4) is 0 Å². The van der Waals surface area contributed by atoms with Gasteiger partial charge in [-0.2, -0.15) is 0 Å². The number of carboxylic acid groups (broad SMARTS) is 1. The fourth-order valence-electron chi connectivity index (χ4n) is 1.20. The number of carbonyl (C=O) groups is 2. The van der Waals surface area contributed by atoms with Gasteiger partial charge in [0, 0.05) is 0 Å². The van der Waals surface area contributed by atoms with Gasteiger partial charge in [0.05, 0.1) is 0 Å². The van der Waals surface area contributed by atoms with E-state index in [4.69, 9.17) is 10.8 Å². The maximum Gasteiger partial charge on any atom is 0.318 e. The zero-order valence-corrected chi connectivity index (χ0v) is 9.04. The van der Waals surface area contributed by atoms with Crippen LogP contribution < -0.4 is 5.73 Å². The summed E-state index contributed by atoms with van der Waals surface area (Å²) in [5, 5.41) is 8.87. The van der Waals surface area contributed by atoms with Crippen molar-refractivity contribution < 1.29 is 14.7 Å². The highest BCUT2D eigenvalue weighted by molar-refractivity contribution is 6.00. The van der Waals surface area contributed by atoms with Gasteiger partial charge in [-0.05, 0) is 19.3 Å². The van der Waals surface area contributed by atoms with E-state index in [2.05, 4.69) is 13.8 Å². The van der Waals surface area contributed by atoms with Crippen LogP contribution in [-0.2, 0) is 9.59 Å². The lowest BCUT2D eigenvalue weighted by Gasteiger charge is -2.20. The second-order valence-electron chi connectivity index (χ2n) is 4.29. The molecule has 0 aliphatic carbocycles. The molecule has 3 N–H and O–H groups in total. The number of amides is 1. The predicted molar refractivity (Wildman–Crippen MR) is 53.6 cm³/mol. The Hall–Kier alpha value is -1.06. The first kappa shape index (κ1) is 12.9. The Kier molecular flexibility index (Phi) is 4.60. The van der Waals surface area contributed by atoms with E-state index in [1.54, 1.807) is 0 Å². The number of primary amides is 1. The average molecular weight is 201 g/mol. The summed E-state index contributed by atoms with van der Waals surface area (Å²) in [6.45, 7) is 5.50. The number of aliphatic carboxylic acids is 1. The maximum absolute atomic E-state index is 11.0. The molecule has 0 rings (SSSR count). The fourth-order valence-corrected chi connectivity index (χ4v) is 1.20. The van der Waals surface area contributed by atoms with Gasteiger partial charge >= 0.3 is 5.97 Å². The molecule has 0 saturated heterocycles. The number of nitrogens with two attached hydrogens (primary N) is 1. The van der Waals surface area contributed by atoms with Crippen LogP contribution in [0.4, 0.5) is 0 Å². The molecule has 0 radical (unpaired) electrons. The van der Waals surface area contributed by atoms with Gasteiger partial charge in [-0.1, -0.05) is 26.7 Å². The van der Waals surface area contributed by atoms with Gasteiger partial charge in [-0.15, -0.1) is 0 Å². The highest BCUT2D eigenvalue weighted by atomic mass is 16.4. The summed E-state index contributed by atoms with van der Waals surface area (Å²) >= 11 is 0. The van der Waals surface area contributed by atoms with Crippen molar-refractivity contribution in [1.29, 1.82) is 0 Å². The molecule has 14 heavy (non-hydrogen) atoms. The average Bonchev–Trinajstić information content (AvgIpc) is 2.02. The highest BCUT2D eigenvalue weighted by Crippen LogP contribution is 2.25. The molecule has 0 aromatic heterocycles. The van der Waals surface area contributed by atoms with Crippen molar-refractivity contribution in [2.24, 2.45) is 17.1 Å². The van der Waals surface area contributed by atoms with Crippen LogP contribution >= 0.6 is 0 Å². The number of carbonyl (C=O) groups excluding carboxylic acids is 1. The molecule has 1 atom stereocenters. The number of rotatable bonds is 6. The summed E-state index contributed by atoms with van der Waals surface area (Å²) < 4.78 is 0. The van der Waals surface area contributed by atoms with Crippen molar-refractivity contribution in [2.45, 2.75) is 40.0 Å². The van der Waals surface area contributed by atoms with Crippen molar-refractivity contribution in [1.82, 2.24) is 0 Å². The molecule has 0 aromatic rings. The van der Waals surface area contributed by atoms with Crippen LogP contribution in [-0.4, -0.2) is 17.0 Å². The molecule has 0 saturated carbocycles. The van der Waals surface area contributed by atoms with Gasteiger partial charge in [-0.25, -0.2) is 0 Å². The van der Waals surface area contributed by atoms with Gasteiger partial charge in [0.25, 0.3) is 0 Å². The van der Waals surface area contributed by atoms with Crippen LogP contribution in [0.2, 0.25) is 0 Å². The minimum atomic E-state index is -1.41. The lowest BCUT2D eigenvalue weighted by atomic mass is 9.83. The van der Waals surface area contributed by atoms with E-state index in [0.717, 1.165) is 6.42 Å². The fraction of sp³-hybridized carbons (Fsp3) is 0.800. The van der Waals surface area contributed by atoms with E-state index in [-0.39, 0.29) is 0 Å². The largest absolute Gasteiger partial charge is 0.480 e. The Balaban J connectivity index is 4.26. The van der Waals surface area contributed by atoms with E-state index in [0.29, 0.717) is 18.8 Å². The third kappa shape index (κ3) is 3.36. The topological polar surface area (TPSA) is 80.4 Å². The van der Waals surface area contributed by atoms with Crippen LogP contribution in [0, 0.1) is 11.3 Å².